The van der Waals surface area contributed by atoms with E-state index in [2.05, 4.69) is 27.1 Å². The number of rotatable bonds is 9. The summed E-state index contributed by atoms with van der Waals surface area (Å²) in [5.74, 6) is 0.842. The molecular formula is C19H25N3O2S2. The van der Waals surface area contributed by atoms with Gasteiger partial charge in [0, 0.05) is 35.4 Å². The van der Waals surface area contributed by atoms with Crippen LogP contribution in [0.25, 0.3) is 10.9 Å². The van der Waals surface area contributed by atoms with Crippen molar-refractivity contribution in [1.82, 2.24) is 15.6 Å². The number of nitrogens with one attached hydrogen (secondary N) is 3. The molecule has 3 N–H and O–H groups in total. The first kappa shape index (κ1) is 19.0. The maximum atomic E-state index is 11.9. The molecule has 0 saturated carbocycles. The number of benzene rings is 1. The van der Waals surface area contributed by atoms with E-state index < -0.39 is 0 Å². The van der Waals surface area contributed by atoms with Gasteiger partial charge in [-0.15, -0.1) is 0 Å². The van der Waals surface area contributed by atoms with Crippen molar-refractivity contribution in [2.24, 2.45) is 0 Å². The number of methoxy groups -OCH3 is 1. The van der Waals surface area contributed by atoms with Crippen molar-refractivity contribution in [1.29, 1.82) is 0 Å². The minimum absolute atomic E-state index is 0.0897. The minimum atomic E-state index is -0.0897. The number of urea groups is 1. The third-order valence-electron chi connectivity index (χ3n) is 4.38. The lowest BCUT2D eigenvalue weighted by Gasteiger charge is -2.09. The van der Waals surface area contributed by atoms with Gasteiger partial charge in [0.2, 0.25) is 0 Å². The zero-order valence-electron chi connectivity index (χ0n) is 14.9. The normalized spacial score (nSPS) is 16.1. The summed E-state index contributed by atoms with van der Waals surface area (Å²) < 4.78 is 5.29. The zero-order chi connectivity index (χ0) is 18.2. The summed E-state index contributed by atoms with van der Waals surface area (Å²) >= 11 is 0. The molecule has 26 heavy (non-hydrogen) atoms. The molecule has 5 nitrogen and oxygen atoms in total. The van der Waals surface area contributed by atoms with Crippen LogP contribution in [0.15, 0.2) is 35.9 Å². The highest BCUT2D eigenvalue weighted by Crippen LogP contribution is 2.37. The van der Waals surface area contributed by atoms with Gasteiger partial charge in [-0.2, -0.15) is 0 Å². The van der Waals surface area contributed by atoms with Gasteiger partial charge in [-0.3, -0.25) is 0 Å². The second-order valence-corrected chi connectivity index (χ2v) is 8.63. The highest BCUT2D eigenvalue weighted by molar-refractivity contribution is 8.78. The Bertz CT molecular complexity index is 760. The molecule has 0 spiro atoms. The standard InChI is InChI=1S/C19H25N3O2S2/c1-24-15-5-6-18-17(12-15)14(13-22-18)7-10-21-19(23)20-9-3-2-4-16-8-11-25-26-16/h5-6,8,11-13,16,22H,2-4,7,9-10H2,1H3,(H2,20,21,23). The molecule has 2 amide bonds. The third-order valence-corrected chi connectivity index (χ3v) is 6.81. The van der Waals surface area contributed by atoms with Crippen LogP contribution in [-0.2, 0) is 6.42 Å². The largest absolute Gasteiger partial charge is 0.497 e. The van der Waals surface area contributed by atoms with Crippen LogP contribution in [-0.4, -0.2) is 36.5 Å². The molecule has 0 bridgehead atoms. The number of unbranched alkanes of at least 4 members (excludes halogenated alkanes) is 1. The highest BCUT2D eigenvalue weighted by atomic mass is 33.1. The van der Waals surface area contributed by atoms with Crippen LogP contribution in [0.3, 0.4) is 0 Å². The summed E-state index contributed by atoms with van der Waals surface area (Å²) in [5.41, 5.74) is 2.26. The fraction of sp³-hybridized carbons (Fsp3) is 0.421. The van der Waals surface area contributed by atoms with E-state index in [1.165, 1.54) is 12.0 Å². The first-order chi connectivity index (χ1) is 12.8. The Kier molecular flexibility index (Phi) is 7.20. The smallest absolute Gasteiger partial charge is 0.314 e. The van der Waals surface area contributed by atoms with E-state index in [9.17, 15) is 4.79 Å². The summed E-state index contributed by atoms with van der Waals surface area (Å²) in [5, 5.41) is 9.81. The summed E-state index contributed by atoms with van der Waals surface area (Å²) in [7, 11) is 5.39. The number of fused-ring (bicyclic) bond motifs is 1. The Hall–Kier alpha value is -1.73. The van der Waals surface area contributed by atoms with Crippen LogP contribution < -0.4 is 15.4 Å². The Morgan fingerprint density at radius 1 is 1.27 bits per heavy atom. The molecule has 1 aromatic carbocycles. The van der Waals surface area contributed by atoms with Crippen LogP contribution in [0.5, 0.6) is 5.75 Å². The Balaban J connectivity index is 1.33. The van der Waals surface area contributed by atoms with Crippen molar-refractivity contribution in [2.75, 3.05) is 20.2 Å². The Labute approximate surface area is 162 Å². The van der Waals surface area contributed by atoms with Gasteiger partial charge in [0.05, 0.1) is 7.11 Å². The van der Waals surface area contributed by atoms with Crippen molar-refractivity contribution < 1.29 is 9.53 Å². The maximum Gasteiger partial charge on any atom is 0.314 e. The van der Waals surface area contributed by atoms with Gasteiger partial charge in [-0.25, -0.2) is 4.79 Å². The van der Waals surface area contributed by atoms with Crippen LogP contribution in [0.1, 0.15) is 24.8 Å². The number of aromatic nitrogens is 1. The molecule has 2 heterocycles. The van der Waals surface area contributed by atoms with Crippen molar-refractivity contribution in [3.8, 4) is 5.75 Å². The Morgan fingerprint density at radius 3 is 2.96 bits per heavy atom. The van der Waals surface area contributed by atoms with E-state index >= 15 is 0 Å². The fourth-order valence-corrected chi connectivity index (χ4v) is 5.20. The molecule has 2 aromatic rings. The number of hydrogen-bond donors (Lipinski definition) is 3. The molecule has 1 atom stereocenters. The Morgan fingerprint density at radius 2 is 2.15 bits per heavy atom. The molecule has 0 aliphatic carbocycles. The molecule has 140 valence electrons. The predicted molar refractivity (Wildman–Crippen MR) is 112 cm³/mol. The second-order valence-electron chi connectivity index (χ2n) is 6.21. The van der Waals surface area contributed by atoms with E-state index in [1.54, 1.807) is 7.11 Å². The minimum Gasteiger partial charge on any atom is -0.497 e. The third kappa shape index (κ3) is 5.38. The van der Waals surface area contributed by atoms with Gasteiger partial charge in [0.1, 0.15) is 5.75 Å². The van der Waals surface area contributed by atoms with Gasteiger partial charge in [0.15, 0.2) is 0 Å². The molecule has 0 radical (unpaired) electrons. The van der Waals surface area contributed by atoms with Crippen molar-refractivity contribution in [2.45, 2.75) is 30.9 Å². The summed E-state index contributed by atoms with van der Waals surface area (Å²) in [6.45, 7) is 1.33. The van der Waals surface area contributed by atoms with Crippen LogP contribution in [0, 0.1) is 0 Å². The van der Waals surface area contributed by atoms with E-state index in [-0.39, 0.29) is 6.03 Å². The monoisotopic (exact) mass is 391 g/mol. The van der Waals surface area contributed by atoms with E-state index in [0.717, 1.165) is 42.5 Å². The van der Waals surface area contributed by atoms with Crippen molar-refractivity contribution in [3.63, 3.8) is 0 Å². The lowest BCUT2D eigenvalue weighted by molar-refractivity contribution is 0.241. The number of carbonyl (C=O) groups is 1. The molecule has 0 saturated heterocycles. The molecule has 7 heteroatoms. The van der Waals surface area contributed by atoms with E-state index in [4.69, 9.17) is 4.74 Å². The molecule has 3 rings (SSSR count). The van der Waals surface area contributed by atoms with Crippen LogP contribution in [0.2, 0.25) is 0 Å². The molecule has 1 aromatic heterocycles. The molecular weight excluding hydrogens is 366 g/mol. The second kappa shape index (κ2) is 9.83. The number of H-pyrrole nitrogens is 1. The summed E-state index contributed by atoms with van der Waals surface area (Å²) in [4.78, 5) is 15.1. The summed E-state index contributed by atoms with van der Waals surface area (Å²) in [6.07, 6.45) is 8.38. The maximum absolute atomic E-state index is 11.9. The van der Waals surface area contributed by atoms with Gasteiger partial charge in [-0.1, -0.05) is 34.1 Å². The number of hydrogen-bond acceptors (Lipinski definition) is 4. The van der Waals surface area contributed by atoms with E-state index in [0.29, 0.717) is 11.8 Å². The predicted octanol–water partition coefficient (Wildman–Crippen LogP) is 4.47. The van der Waals surface area contributed by atoms with Crippen molar-refractivity contribution >= 4 is 38.5 Å². The summed E-state index contributed by atoms with van der Waals surface area (Å²) in [6, 6.07) is 5.89. The molecule has 1 aliphatic rings. The fourth-order valence-electron chi connectivity index (χ4n) is 2.94. The zero-order valence-corrected chi connectivity index (χ0v) is 16.6. The van der Waals surface area contributed by atoms with Crippen LogP contribution in [0.4, 0.5) is 4.79 Å². The van der Waals surface area contributed by atoms with Gasteiger partial charge in [0.25, 0.3) is 0 Å². The number of ether oxygens (including phenoxy) is 1. The van der Waals surface area contributed by atoms with Gasteiger partial charge >= 0.3 is 6.03 Å². The number of aromatic amines is 1. The highest BCUT2D eigenvalue weighted by Gasteiger charge is 2.10. The van der Waals surface area contributed by atoms with E-state index in [1.807, 2.05) is 46.0 Å². The first-order valence-electron chi connectivity index (χ1n) is 8.91. The topological polar surface area (TPSA) is 66.1 Å². The van der Waals surface area contributed by atoms with Gasteiger partial charge < -0.3 is 20.4 Å². The van der Waals surface area contributed by atoms with Crippen LogP contribution >= 0.6 is 21.6 Å². The first-order valence-corrected chi connectivity index (χ1v) is 11.2. The number of carbonyl (C=O) groups excluding carboxylic acids is 1. The average Bonchev–Trinajstić information content (AvgIpc) is 3.31. The number of amides is 2. The van der Waals surface area contributed by atoms with Crippen molar-refractivity contribution in [3.05, 3.63) is 41.4 Å². The lowest BCUT2D eigenvalue weighted by Crippen LogP contribution is -2.37. The lowest BCUT2D eigenvalue weighted by atomic mass is 10.1. The average molecular weight is 392 g/mol. The molecule has 0 fully saturated rings. The quantitative estimate of drug-likeness (QED) is 0.436. The molecule has 1 unspecified atom stereocenters. The van der Waals surface area contributed by atoms with Gasteiger partial charge in [-0.05, 0) is 48.4 Å². The molecule has 1 aliphatic heterocycles. The SMILES string of the molecule is COc1ccc2[nH]cc(CCNC(=O)NCCCCC3C=CSS3)c2c1.